The molecule has 106 valence electrons. The van der Waals surface area contributed by atoms with Crippen LogP contribution in [0.4, 0.5) is 8.78 Å². The van der Waals surface area contributed by atoms with E-state index in [1.165, 1.54) is 18.7 Å². The van der Waals surface area contributed by atoms with E-state index < -0.39 is 23.6 Å². The molecule has 0 heterocycles. The van der Waals surface area contributed by atoms with Gasteiger partial charge in [0.1, 0.15) is 11.6 Å². The SMILES string of the molecule is Cc1cc(F)c(C(=O)N(CC(C)O)C(C)C)cc1F. The van der Waals surface area contributed by atoms with Gasteiger partial charge in [-0.05, 0) is 45.4 Å². The van der Waals surface area contributed by atoms with E-state index in [1.807, 2.05) is 0 Å². The normalized spacial score (nSPS) is 12.6. The molecule has 0 saturated heterocycles. The van der Waals surface area contributed by atoms with Crippen LogP contribution in [0.3, 0.4) is 0 Å². The van der Waals surface area contributed by atoms with Crippen LogP contribution in [0.1, 0.15) is 36.7 Å². The topological polar surface area (TPSA) is 40.5 Å². The zero-order valence-corrected chi connectivity index (χ0v) is 11.6. The number of aliphatic hydroxyl groups is 1. The molecule has 5 heteroatoms. The molecule has 0 aliphatic rings. The third kappa shape index (κ3) is 3.73. The molecule has 0 radical (unpaired) electrons. The number of benzene rings is 1. The predicted octanol–water partition coefficient (Wildman–Crippen LogP) is 2.50. The molecule has 0 aliphatic heterocycles. The number of aryl methyl sites for hydroxylation is 1. The summed E-state index contributed by atoms with van der Waals surface area (Å²) in [5.74, 6) is -1.99. The molecule has 1 unspecified atom stereocenters. The summed E-state index contributed by atoms with van der Waals surface area (Å²) in [4.78, 5) is 13.5. The van der Waals surface area contributed by atoms with E-state index >= 15 is 0 Å². The fraction of sp³-hybridized carbons (Fsp3) is 0.500. The fourth-order valence-electron chi connectivity index (χ4n) is 1.78. The van der Waals surface area contributed by atoms with Gasteiger partial charge in [0.2, 0.25) is 0 Å². The Bertz CT molecular complexity index is 473. The summed E-state index contributed by atoms with van der Waals surface area (Å²) in [6.07, 6.45) is -0.732. The molecule has 1 rings (SSSR count). The summed E-state index contributed by atoms with van der Waals surface area (Å²) in [5.41, 5.74) is -0.155. The zero-order chi connectivity index (χ0) is 14.7. The lowest BCUT2D eigenvalue weighted by atomic mass is 10.1. The van der Waals surface area contributed by atoms with Crippen LogP contribution in [-0.4, -0.2) is 34.6 Å². The monoisotopic (exact) mass is 271 g/mol. The number of nitrogens with zero attached hydrogens (tertiary/aromatic N) is 1. The number of hydrogen-bond donors (Lipinski definition) is 1. The van der Waals surface area contributed by atoms with Crippen molar-refractivity contribution in [2.45, 2.75) is 39.8 Å². The van der Waals surface area contributed by atoms with Gasteiger partial charge in [0, 0.05) is 12.6 Å². The van der Waals surface area contributed by atoms with Crippen molar-refractivity contribution >= 4 is 5.91 Å². The third-order valence-electron chi connectivity index (χ3n) is 2.82. The highest BCUT2D eigenvalue weighted by Crippen LogP contribution is 2.17. The first-order valence-corrected chi connectivity index (χ1v) is 6.18. The Balaban J connectivity index is 3.13. The van der Waals surface area contributed by atoms with Crippen molar-refractivity contribution in [2.75, 3.05) is 6.54 Å². The molecule has 1 aromatic rings. The molecule has 1 N–H and O–H groups in total. The minimum absolute atomic E-state index is 0.0748. The Morgan fingerprint density at radius 2 is 1.84 bits per heavy atom. The van der Waals surface area contributed by atoms with Crippen molar-refractivity contribution in [3.05, 3.63) is 34.9 Å². The van der Waals surface area contributed by atoms with Crippen LogP contribution < -0.4 is 0 Å². The van der Waals surface area contributed by atoms with E-state index in [9.17, 15) is 18.7 Å². The quantitative estimate of drug-likeness (QED) is 0.914. The minimum Gasteiger partial charge on any atom is -0.392 e. The molecule has 3 nitrogen and oxygen atoms in total. The molecule has 19 heavy (non-hydrogen) atoms. The van der Waals surface area contributed by atoms with Crippen molar-refractivity contribution in [3.63, 3.8) is 0 Å². The van der Waals surface area contributed by atoms with E-state index in [2.05, 4.69) is 0 Å². The summed E-state index contributed by atoms with van der Waals surface area (Å²) in [7, 11) is 0. The van der Waals surface area contributed by atoms with Crippen LogP contribution in [0.5, 0.6) is 0 Å². The first-order chi connectivity index (χ1) is 8.73. The van der Waals surface area contributed by atoms with E-state index in [-0.39, 0.29) is 23.7 Å². The Morgan fingerprint density at radius 3 is 2.32 bits per heavy atom. The Kier molecular flexibility index (Phi) is 5.00. The van der Waals surface area contributed by atoms with E-state index in [4.69, 9.17) is 0 Å². The standard InChI is InChI=1S/C14H19F2NO2/c1-8(2)17(7-10(4)18)14(19)11-6-12(15)9(3)5-13(11)16/h5-6,8,10,18H,7H2,1-4H3. The number of carbonyl (C=O) groups excluding carboxylic acids is 1. The average molecular weight is 271 g/mol. The second kappa shape index (κ2) is 6.10. The summed E-state index contributed by atoms with van der Waals surface area (Å²) >= 11 is 0. The highest BCUT2D eigenvalue weighted by Gasteiger charge is 2.23. The van der Waals surface area contributed by atoms with Gasteiger partial charge in [-0.3, -0.25) is 4.79 Å². The number of halogens is 2. The van der Waals surface area contributed by atoms with E-state index in [0.717, 1.165) is 12.1 Å². The maximum absolute atomic E-state index is 13.8. The van der Waals surface area contributed by atoms with Gasteiger partial charge in [-0.25, -0.2) is 8.78 Å². The van der Waals surface area contributed by atoms with Gasteiger partial charge in [-0.15, -0.1) is 0 Å². The third-order valence-corrected chi connectivity index (χ3v) is 2.82. The molecule has 0 saturated carbocycles. The highest BCUT2D eigenvalue weighted by molar-refractivity contribution is 5.94. The zero-order valence-electron chi connectivity index (χ0n) is 11.6. The van der Waals surface area contributed by atoms with Gasteiger partial charge in [0.05, 0.1) is 11.7 Å². The first-order valence-electron chi connectivity index (χ1n) is 6.18. The number of hydrogen-bond acceptors (Lipinski definition) is 2. The lowest BCUT2D eigenvalue weighted by Crippen LogP contribution is -2.41. The van der Waals surface area contributed by atoms with Gasteiger partial charge in [-0.2, -0.15) is 0 Å². The lowest BCUT2D eigenvalue weighted by Gasteiger charge is -2.28. The molecule has 0 spiro atoms. The minimum atomic E-state index is -0.750. The largest absolute Gasteiger partial charge is 0.392 e. The molecule has 1 aromatic carbocycles. The van der Waals surface area contributed by atoms with Crippen LogP contribution in [-0.2, 0) is 0 Å². The van der Waals surface area contributed by atoms with Crippen molar-refractivity contribution in [1.82, 2.24) is 4.90 Å². The lowest BCUT2D eigenvalue weighted by molar-refractivity contribution is 0.0574. The molecular weight excluding hydrogens is 252 g/mol. The molecule has 1 atom stereocenters. The number of aliphatic hydroxyl groups excluding tert-OH is 1. The van der Waals surface area contributed by atoms with Gasteiger partial charge in [-0.1, -0.05) is 0 Å². The average Bonchev–Trinajstić information content (AvgIpc) is 2.29. The van der Waals surface area contributed by atoms with Crippen LogP contribution in [0.25, 0.3) is 0 Å². The van der Waals surface area contributed by atoms with Crippen molar-refractivity contribution in [3.8, 4) is 0 Å². The van der Waals surface area contributed by atoms with E-state index in [0.29, 0.717) is 0 Å². The molecule has 1 amide bonds. The van der Waals surface area contributed by atoms with Crippen molar-refractivity contribution in [2.24, 2.45) is 0 Å². The predicted molar refractivity (Wildman–Crippen MR) is 68.9 cm³/mol. The first kappa shape index (κ1) is 15.6. The van der Waals surface area contributed by atoms with Crippen LogP contribution in [0.15, 0.2) is 12.1 Å². The molecule has 0 aliphatic carbocycles. The smallest absolute Gasteiger partial charge is 0.257 e. The Hall–Kier alpha value is -1.49. The summed E-state index contributed by atoms with van der Waals surface area (Å²) in [5, 5.41) is 9.37. The maximum Gasteiger partial charge on any atom is 0.257 e. The summed E-state index contributed by atoms with van der Waals surface area (Å²) < 4.78 is 27.2. The number of rotatable bonds is 4. The summed E-state index contributed by atoms with van der Waals surface area (Å²) in [6, 6.07) is 1.69. The van der Waals surface area contributed by atoms with Gasteiger partial charge in [0.15, 0.2) is 0 Å². The molecule has 0 aromatic heterocycles. The van der Waals surface area contributed by atoms with Gasteiger partial charge in [0.25, 0.3) is 5.91 Å². The highest BCUT2D eigenvalue weighted by atomic mass is 19.1. The Labute approximate surface area is 111 Å². The van der Waals surface area contributed by atoms with Crippen LogP contribution in [0, 0.1) is 18.6 Å². The second-order valence-electron chi connectivity index (χ2n) is 4.98. The van der Waals surface area contributed by atoms with Crippen molar-refractivity contribution in [1.29, 1.82) is 0 Å². The van der Waals surface area contributed by atoms with Crippen LogP contribution in [0.2, 0.25) is 0 Å². The van der Waals surface area contributed by atoms with E-state index in [1.54, 1.807) is 13.8 Å². The number of carbonyl (C=O) groups is 1. The summed E-state index contributed by atoms with van der Waals surface area (Å²) in [6.45, 7) is 6.55. The van der Waals surface area contributed by atoms with Gasteiger partial charge >= 0.3 is 0 Å². The second-order valence-corrected chi connectivity index (χ2v) is 4.98. The van der Waals surface area contributed by atoms with Crippen molar-refractivity contribution < 1.29 is 18.7 Å². The number of amides is 1. The molecule has 0 bridgehead atoms. The molecule has 0 fully saturated rings. The molecular formula is C14H19F2NO2. The van der Waals surface area contributed by atoms with Crippen LogP contribution >= 0.6 is 0 Å². The maximum atomic E-state index is 13.8. The Morgan fingerprint density at radius 1 is 1.26 bits per heavy atom. The van der Waals surface area contributed by atoms with Gasteiger partial charge < -0.3 is 10.0 Å². The fourth-order valence-corrected chi connectivity index (χ4v) is 1.78.